The number of carboxylic acid groups (broad SMARTS) is 1. The van der Waals surface area contributed by atoms with Gasteiger partial charge in [0.25, 0.3) is 5.56 Å². The van der Waals surface area contributed by atoms with Crippen molar-refractivity contribution >= 4 is 45.1 Å². The van der Waals surface area contributed by atoms with Crippen molar-refractivity contribution in [3.63, 3.8) is 0 Å². The van der Waals surface area contributed by atoms with E-state index in [1.54, 1.807) is 28.8 Å². The molecule has 0 atom stereocenters. The van der Waals surface area contributed by atoms with Crippen molar-refractivity contribution in [2.75, 3.05) is 31.1 Å². The van der Waals surface area contributed by atoms with Crippen LogP contribution in [0.1, 0.15) is 35.1 Å². The molecule has 11 heteroatoms. The van der Waals surface area contributed by atoms with E-state index in [1.165, 1.54) is 12.3 Å². The van der Waals surface area contributed by atoms with Crippen molar-refractivity contribution in [2.24, 2.45) is 0 Å². The molecule has 6 rings (SSSR count). The number of halogens is 2. The Bertz CT molecular complexity index is 1690. The molecule has 2 fully saturated rings. The number of aromatic nitrogens is 3. The quantitative estimate of drug-likeness (QED) is 0.412. The van der Waals surface area contributed by atoms with Crippen LogP contribution in [-0.2, 0) is 6.54 Å². The van der Waals surface area contributed by atoms with E-state index in [1.807, 2.05) is 4.90 Å². The lowest BCUT2D eigenvalue weighted by molar-refractivity contribution is 0.0695. The number of rotatable bonds is 5. The summed E-state index contributed by atoms with van der Waals surface area (Å²) in [6.45, 7) is 2.73. The molecule has 0 unspecified atom stereocenters. The average molecular weight is 524 g/mol. The Balaban J connectivity index is 1.25. The molecule has 2 N–H and O–H groups in total. The fraction of sp³-hybridized carbons (Fsp3) is 0.308. The molecule has 2 aromatic heterocycles. The summed E-state index contributed by atoms with van der Waals surface area (Å²) >= 11 is 6.06. The number of carbonyl (C=O) groups is 1. The normalized spacial score (nSPS) is 16.5. The van der Waals surface area contributed by atoms with Crippen molar-refractivity contribution in [3.05, 3.63) is 79.3 Å². The van der Waals surface area contributed by atoms with Gasteiger partial charge in [0.2, 0.25) is 5.43 Å². The highest BCUT2D eigenvalue weighted by Crippen LogP contribution is 2.38. The molecular weight excluding hydrogens is 501 g/mol. The number of piperazine rings is 1. The van der Waals surface area contributed by atoms with Gasteiger partial charge in [0.15, 0.2) is 0 Å². The van der Waals surface area contributed by atoms with Gasteiger partial charge in [-0.25, -0.2) is 14.2 Å². The Kier molecular flexibility index (Phi) is 5.73. The Morgan fingerprint density at radius 1 is 1.11 bits per heavy atom. The number of benzene rings is 2. The standard InChI is InChI=1S/C26H23ClFN5O4/c27-14-1-4-16-20(9-14)29-23(30-25(16)35)13-31-5-7-32(8-6-31)22-11-21-17(10-19(22)28)24(34)18(26(36)37)12-33(21)15-2-3-15/h1,4,9-12,15H,2-3,5-8,13H2,(H,36,37)(H,29,30,35). The van der Waals surface area contributed by atoms with Gasteiger partial charge in [-0.15, -0.1) is 0 Å². The maximum Gasteiger partial charge on any atom is 0.341 e. The van der Waals surface area contributed by atoms with E-state index >= 15 is 4.39 Å². The van der Waals surface area contributed by atoms with Gasteiger partial charge in [-0.1, -0.05) is 11.6 Å². The first kappa shape index (κ1) is 23.6. The van der Waals surface area contributed by atoms with Gasteiger partial charge in [0, 0.05) is 48.8 Å². The summed E-state index contributed by atoms with van der Waals surface area (Å²) in [6.07, 6.45) is 3.16. The summed E-state index contributed by atoms with van der Waals surface area (Å²) in [7, 11) is 0. The van der Waals surface area contributed by atoms with E-state index in [0.717, 1.165) is 12.8 Å². The van der Waals surface area contributed by atoms with Crippen LogP contribution in [0, 0.1) is 5.82 Å². The van der Waals surface area contributed by atoms with Crippen LogP contribution in [0.4, 0.5) is 10.1 Å². The maximum absolute atomic E-state index is 15.2. The summed E-state index contributed by atoms with van der Waals surface area (Å²) < 4.78 is 17.0. The molecule has 2 aromatic carbocycles. The molecule has 0 bridgehead atoms. The van der Waals surface area contributed by atoms with Crippen molar-refractivity contribution in [2.45, 2.75) is 25.4 Å². The molecule has 37 heavy (non-hydrogen) atoms. The minimum absolute atomic E-state index is 0.0816. The molecule has 0 amide bonds. The number of hydrogen-bond donors (Lipinski definition) is 2. The molecule has 0 spiro atoms. The molecule has 1 aliphatic heterocycles. The number of nitrogens with one attached hydrogen (secondary N) is 1. The summed E-state index contributed by atoms with van der Waals surface area (Å²) in [5.74, 6) is -1.33. The van der Waals surface area contributed by atoms with Crippen LogP contribution in [0.3, 0.4) is 0 Å². The lowest BCUT2D eigenvalue weighted by atomic mass is 10.1. The third kappa shape index (κ3) is 4.36. The van der Waals surface area contributed by atoms with Gasteiger partial charge in [0.1, 0.15) is 17.2 Å². The number of nitrogens with zero attached hydrogens (tertiary/aromatic N) is 4. The lowest BCUT2D eigenvalue weighted by Gasteiger charge is -2.36. The molecule has 1 aliphatic carbocycles. The fourth-order valence-corrected chi connectivity index (χ4v) is 5.17. The summed E-state index contributed by atoms with van der Waals surface area (Å²) in [5, 5.41) is 10.5. The van der Waals surface area contributed by atoms with Crippen LogP contribution < -0.4 is 15.9 Å². The Hall–Kier alpha value is -3.76. The lowest BCUT2D eigenvalue weighted by Crippen LogP contribution is -2.46. The zero-order valence-electron chi connectivity index (χ0n) is 19.7. The van der Waals surface area contributed by atoms with Crippen molar-refractivity contribution in [1.82, 2.24) is 19.4 Å². The van der Waals surface area contributed by atoms with Gasteiger partial charge in [0.05, 0.1) is 28.7 Å². The van der Waals surface area contributed by atoms with Gasteiger partial charge < -0.3 is 19.6 Å². The van der Waals surface area contributed by atoms with Crippen LogP contribution >= 0.6 is 11.6 Å². The van der Waals surface area contributed by atoms with E-state index in [-0.39, 0.29) is 22.6 Å². The number of anilines is 1. The second-order valence-electron chi connectivity index (χ2n) is 9.57. The van der Waals surface area contributed by atoms with E-state index in [4.69, 9.17) is 11.6 Å². The molecule has 190 valence electrons. The number of aromatic amines is 1. The summed E-state index contributed by atoms with van der Waals surface area (Å²) in [5.41, 5.74) is 0.233. The van der Waals surface area contributed by atoms with E-state index in [9.17, 15) is 19.5 Å². The molecule has 9 nitrogen and oxygen atoms in total. The first-order valence-corrected chi connectivity index (χ1v) is 12.4. The van der Waals surface area contributed by atoms with Crippen molar-refractivity contribution < 1.29 is 14.3 Å². The number of aromatic carboxylic acids is 1. The van der Waals surface area contributed by atoms with E-state index in [0.29, 0.717) is 65.7 Å². The topological polar surface area (TPSA) is 112 Å². The smallest absolute Gasteiger partial charge is 0.341 e. The highest BCUT2D eigenvalue weighted by atomic mass is 35.5. The predicted molar refractivity (Wildman–Crippen MR) is 138 cm³/mol. The number of carboxylic acids is 1. The number of pyridine rings is 1. The third-order valence-electron chi connectivity index (χ3n) is 7.08. The fourth-order valence-electron chi connectivity index (χ4n) is 5.00. The average Bonchev–Trinajstić information content (AvgIpc) is 3.70. The zero-order chi connectivity index (χ0) is 25.8. The Labute approximate surface area is 214 Å². The monoisotopic (exact) mass is 523 g/mol. The van der Waals surface area contributed by atoms with Gasteiger partial charge in [-0.3, -0.25) is 14.5 Å². The maximum atomic E-state index is 15.2. The molecular formula is C26H23ClFN5O4. The number of hydrogen-bond acceptors (Lipinski definition) is 6. The molecule has 2 aliphatic rings. The van der Waals surface area contributed by atoms with E-state index in [2.05, 4.69) is 14.9 Å². The first-order valence-electron chi connectivity index (χ1n) is 12.1. The highest BCUT2D eigenvalue weighted by molar-refractivity contribution is 6.31. The largest absolute Gasteiger partial charge is 0.477 e. The minimum atomic E-state index is -1.31. The van der Waals surface area contributed by atoms with Crippen LogP contribution in [0.5, 0.6) is 0 Å². The SMILES string of the molecule is O=C(O)c1cn(C2CC2)c2cc(N3CCN(Cc4nc5cc(Cl)ccc5c(=O)[nH]4)CC3)c(F)cc2c1=O. The van der Waals surface area contributed by atoms with Crippen LogP contribution in [0.15, 0.2) is 46.1 Å². The Morgan fingerprint density at radius 3 is 2.57 bits per heavy atom. The molecule has 0 radical (unpaired) electrons. The van der Waals surface area contributed by atoms with Crippen LogP contribution in [0.25, 0.3) is 21.8 Å². The van der Waals surface area contributed by atoms with E-state index < -0.39 is 17.2 Å². The number of fused-ring (bicyclic) bond motifs is 2. The molecule has 1 saturated carbocycles. The third-order valence-corrected chi connectivity index (χ3v) is 7.31. The van der Waals surface area contributed by atoms with Gasteiger partial charge >= 0.3 is 5.97 Å². The first-order chi connectivity index (χ1) is 17.8. The van der Waals surface area contributed by atoms with Crippen LogP contribution in [-0.4, -0.2) is 56.7 Å². The predicted octanol–water partition coefficient (Wildman–Crippen LogP) is 3.39. The highest BCUT2D eigenvalue weighted by Gasteiger charge is 2.28. The Morgan fingerprint density at radius 2 is 1.86 bits per heavy atom. The summed E-state index contributed by atoms with van der Waals surface area (Å²) in [4.78, 5) is 48.2. The van der Waals surface area contributed by atoms with Crippen molar-refractivity contribution in [1.29, 1.82) is 0 Å². The zero-order valence-corrected chi connectivity index (χ0v) is 20.5. The molecule has 4 aromatic rings. The van der Waals surface area contributed by atoms with Gasteiger partial charge in [-0.2, -0.15) is 0 Å². The summed E-state index contributed by atoms with van der Waals surface area (Å²) in [6, 6.07) is 7.91. The number of H-pyrrole nitrogens is 1. The van der Waals surface area contributed by atoms with Gasteiger partial charge in [-0.05, 0) is 43.2 Å². The molecule has 3 heterocycles. The minimum Gasteiger partial charge on any atom is -0.477 e. The second kappa shape index (κ2) is 8.97. The molecule has 1 saturated heterocycles. The van der Waals surface area contributed by atoms with Crippen molar-refractivity contribution in [3.8, 4) is 0 Å². The van der Waals surface area contributed by atoms with Crippen LogP contribution in [0.2, 0.25) is 5.02 Å². The second-order valence-corrected chi connectivity index (χ2v) is 10.0.